The fraction of sp³-hybridized carbons (Fsp3) is 0.429. The van der Waals surface area contributed by atoms with Crippen LogP contribution >= 0.6 is 0 Å². The minimum absolute atomic E-state index is 0.0853. The molecule has 5 nitrogen and oxygen atoms in total. The molecule has 1 aliphatic heterocycles. The Morgan fingerprint density at radius 2 is 2.00 bits per heavy atom. The monoisotopic (exact) mass is 262 g/mol. The molecule has 2 amide bonds. The number of rotatable bonds is 2. The van der Waals surface area contributed by atoms with Crippen molar-refractivity contribution in [3.63, 3.8) is 0 Å². The van der Waals surface area contributed by atoms with Crippen LogP contribution in [0.15, 0.2) is 24.3 Å². The maximum Gasteiger partial charge on any atom is 0.407 e. The second-order valence-corrected chi connectivity index (χ2v) is 4.85. The number of likely N-dealkylation sites (tertiary alicyclic amines) is 1. The summed E-state index contributed by atoms with van der Waals surface area (Å²) in [7, 11) is 0. The van der Waals surface area contributed by atoms with Gasteiger partial charge in [0.25, 0.3) is 0 Å². The second-order valence-electron chi connectivity index (χ2n) is 4.85. The van der Waals surface area contributed by atoms with Gasteiger partial charge < -0.3 is 15.3 Å². The van der Waals surface area contributed by atoms with E-state index in [0.717, 1.165) is 24.1 Å². The Hall–Kier alpha value is -2.04. The van der Waals surface area contributed by atoms with Gasteiger partial charge in [0.15, 0.2) is 0 Å². The minimum atomic E-state index is -0.842. The summed E-state index contributed by atoms with van der Waals surface area (Å²) >= 11 is 0. The summed E-state index contributed by atoms with van der Waals surface area (Å²) in [6.07, 6.45) is 0.816. The van der Waals surface area contributed by atoms with E-state index >= 15 is 0 Å². The Labute approximate surface area is 112 Å². The van der Waals surface area contributed by atoms with Crippen LogP contribution in [-0.4, -0.2) is 35.1 Å². The van der Waals surface area contributed by atoms with Crippen molar-refractivity contribution in [1.29, 1.82) is 0 Å². The Kier molecular flexibility index (Phi) is 4.04. The van der Waals surface area contributed by atoms with E-state index in [1.165, 1.54) is 11.8 Å². The molecule has 5 heteroatoms. The largest absolute Gasteiger partial charge is 0.465 e. The van der Waals surface area contributed by atoms with Gasteiger partial charge in [-0.15, -0.1) is 0 Å². The van der Waals surface area contributed by atoms with E-state index in [2.05, 4.69) is 5.32 Å². The minimum Gasteiger partial charge on any atom is -0.465 e. The van der Waals surface area contributed by atoms with E-state index in [4.69, 9.17) is 5.11 Å². The second kappa shape index (κ2) is 5.73. The summed E-state index contributed by atoms with van der Waals surface area (Å²) < 4.78 is 0. The van der Waals surface area contributed by atoms with Crippen LogP contribution < -0.4 is 5.32 Å². The summed E-state index contributed by atoms with van der Waals surface area (Å²) in [6, 6.07) is 7.79. The zero-order valence-corrected chi connectivity index (χ0v) is 10.9. The number of piperidine rings is 1. The van der Waals surface area contributed by atoms with Gasteiger partial charge in [-0.3, -0.25) is 4.79 Å². The van der Waals surface area contributed by atoms with Gasteiger partial charge in [0.1, 0.15) is 0 Å². The number of nitrogens with zero attached hydrogens (tertiary/aromatic N) is 1. The predicted octanol–water partition coefficient (Wildman–Crippen LogP) is 2.50. The predicted molar refractivity (Wildman–Crippen MR) is 72.3 cm³/mol. The standard InChI is InChI=1S/C14H18N2O3/c1-10(17)15-13-4-2-3-12(9-13)11-5-7-16(8-6-11)14(18)19/h2-4,9,11H,5-8H2,1H3,(H,15,17)(H,18,19). The smallest absolute Gasteiger partial charge is 0.407 e. The lowest BCUT2D eigenvalue weighted by molar-refractivity contribution is -0.114. The Morgan fingerprint density at radius 1 is 1.32 bits per heavy atom. The molecular formula is C14H18N2O3. The fourth-order valence-electron chi connectivity index (χ4n) is 2.48. The van der Waals surface area contributed by atoms with Crippen molar-refractivity contribution in [2.75, 3.05) is 18.4 Å². The van der Waals surface area contributed by atoms with Gasteiger partial charge in [0, 0.05) is 25.7 Å². The van der Waals surface area contributed by atoms with Gasteiger partial charge in [0.2, 0.25) is 5.91 Å². The molecule has 0 saturated carbocycles. The van der Waals surface area contributed by atoms with E-state index in [1.54, 1.807) is 0 Å². The molecule has 1 aromatic rings. The number of anilines is 1. The summed E-state index contributed by atoms with van der Waals surface area (Å²) in [5.74, 6) is 0.280. The van der Waals surface area contributed by atoms with Crippen molar-refractivity contribution in [2.24, 2.45) is 0 Å². The highest BCUT2D eigenvalue weighted by atomic mass is 16.4. The SMILES string of the molecule is CC(=O)Nc1cccc(C2CCN(C(=O)O)CC2)c1. The number of hydrogen-bond acceptors (Lipinski definition) is 2. The Morgan fingerprint density at radius 3 is 2.58 bits per heavy atom. The van der Waals surface area contributed by atoms with Gasteiger partial charge in [0.05, 0.1) is 0 Å². The first-order valence-corrected chi connectivity index (χ1v) is 6.41. The molecule has 102 valence electrons. The van der Waals surface area contributed by atoms with Gasteiger partial charge in [-0.2, -0.15) is 0 Å². The van der Waals surface area contributed by atoms with Crippen LogP contribution in [0.5, 0.6) is 0 Å². The van der Waals surface area contributed by atoms with Gasteiger partial charge >= 0.3 is 6.09 Å². The molecule has 2 N–H and O–H groups in total. The number of benzene rings is 1. The average Bonchev–Trinajstić information content (AvgIpc) is 2.38. The summed E-state index contributed by atoms with van der Waals surface area (Å²) in [4.78, 5) is 23.3. The van der Waals surface area contributed by atoms with Crippen LogP contribution in [0.25, 0.3) is 0 Å². The zero-order valence-electron chi connectivity index (χ0n) is 10.9. The molecule has 1 saturated heterocycles. The third-order valence-corrected chi connectivity index (χ3v) is 3.44. The molecule has 1 fully saturated rings. The van der Waals surface area contributed by atoms with Crippen LogP contribution in [0.1, 0.15) is 31.2 Å². The highest BCUT2D eigenvalue weighted by Gasteiger charge is 2.23. The third kappa shape index (κ3) is 3.47. The summed E-state index contributed by atoms with van der Waals surface area (Å²) in [6.45, 7) is 2.63. The van der Waals surface area contributed by atoms with Crippen molar-refractivity contribution >= 4 is 17.7 Å². The quantitative estimate of drug-likeness (QED) is 0.860. The van der Waals surface area contributed by atoms with Crippen molar-refractivity contribution in [3.8, 4) is 0 Å². The molecule has 0 radical (unpaired) electrons. The molecule has 1 aromatic carbocycles. The molecule has 0 bridgehead atoms. The molecular weight excluding hydrogens is 244 g/mol. The van der Waals surface area contributed by atoms with Gasteiger partial charge in [-0.1, -0.05) is 12.1 Å². The third-order valence-electron chi connectivity index (χ3n) is 3.44. The maximum absolute atomic E-state index is 11.0. The lowest BCUT2D eigenvalue weighted by atomic mass is 9.89. The molecule has 1 heterocycles. The zero-order chi connectivity index (χ0) is 13.8. The first-order valence-electron chi connectivity index (χ1n) is 6.41. The number of carbonyl (C=O) groups is 2. The normalized spacial score (nSPS) is 16.2. The molecule has 0 unspecified atom stereocenters. The molecule has 19 heavy (non-hydrogen) atoms. The van der Waals surface area contributed by atoms with E-state index in [1.807, 2.05) is 24.3 Å². The van der Waals surface area contributed by atoms with Crippen molar-refractivity contribution in [3.05, 3.63) is 29.8 Å². The van der Waals surface area contributed by atoms with Crippen LogP contribution in [0, 0.1) is 0 Å². The molecule has 0 aliphatic carbocycles. The van der Waals surface area contributed by atoms with Crippen LogP contribution in [0.4, 0.5) is 10.5 Å². The molecule has 1 aliphatic rings. The first-order chi connectivity index (χ1) is 9.06. The van der Waals surface area contributed by atoms with E-state index < -0.39 is 6.09 Å². The van der Waals surface area contributed by atoms with Crippen LogP contribution in [0.2, 0.25) is 0 Å². The molecule has 0 aromatic heterocycles. The highest BCUT2D eigenvalue weighted by molar-refractivity contribution is 5.88. The Bertz CT molecular complexity index is 479. The number of amides is 2. The van der Waals surface area contributed by atoms with Crippen molar-refractivity contribution in [1.82, 2.24) is 4.90 Å². The van der Waals surface area contributed by atoms with Gasteiger partial charge in [-0.25, -0.2) is 4.79 Å². The summed E-state index contributed by atoms with van der Waals surface area (Å²) in [5, 5.41) is 11.7. The maximum atomic E-state index is 11.0. The topological polar surface area (TPSA) is 69.6 Å². The van der Waals surface area contributed by atoms with Crippen LogP contribution in [-0.2, 0) is 4.79 Å². The van der Waals surface area contributed by atoms with E-state index in [-0.39, 0.29) is 5.91 Å². The number of carboxylic acid groups (broad SMARTS) is 1. The summed E-state index contributed by atoms with van der Waals surface area (Å²) in [5.41, 5.74) is 1.96. The van der Waals surface area contributed by atoms with Crippen molar-refractivity contribution in [2.45, 2.75) is 25.7 Å². The average molecular weight is 262 g/mol. The lowest BCUT2D eigenvalue weighted by Crippen LogP contribution is -2.36. The van der Waals surface area contributed by atoms with E-state index in [0.29, 0.717) is 19.0 Å². The first kappa shape index (κ1) is 13.4. The number of hydrogen-bond donors (Lipinski definition) is 2. The molecule has 2 rings (SSSR count). The molecule has 0 atom stereocenters. The van der Waals surface area contributed by atoms with Crippen molar-refractivity contribution < 1.29 is 14.7 Å². The van der Waals surface area contributed by atoms with Gasteiger partial charge in [-0.05, 0) is 36.5 Å². The number of nitrogens with one attached hydrogen (secondary N) is 1. The van der Waals surface area contributed by atoms with Crippen LogP contribution in [0.3, 0.4) is 0 Å². The highest BCUT2D eigenvalue weighted by Crippen LogP contribution is 2.29. The fourth-order valence-corrected chi connectivity index (χ4v) is 2.48. The Balaban J connectivity index is 2.03. The lowest BCUT2D eigenvalue weighted by Gasteiger charge is -2.30. The van der Waals surface area contributed by atoms with E-state index in [9.17, 15) is 9.59 Å². The number of carbonyl (C=O) groups excluding carboxylic acids is 1. The molecule has 0 spiro atoms.